The summed E-state index contributed by atoms with van der Waals surface area (Å²) in [6.07, 6.45) is 5.43. The minimum absolute atomic E-state index is 0.0818. The Morgan fingerprint density at radius 1 is 1.45 bits per heavy atom. The van der Waals surface area contributed by atoms with E-state index in [0.717, 1.165) is 4.90 Å². The first-order valence-corrected chi connectivity index (χ1v) is 7.52. The molecule has 22 heavy (non-hydrogen) atoms. The molecule has 0 saturated heterocycles. The lowest BCUT2D eigenvalue weighted by atomic mass is 10.2. The SMILES string of the molecule is C#CCNC(=O)COC(=O)c1ccc2c(c1)NC(=O)CCS2. The number of terminal acetylenes is 1. The van der Waals surface area contributed by atoms with Crippen LogP contribution in [-0.4, -0.2) is 36.7 Å². The van der Waals surface area contributed by atoms with Gasteiger partial charge in [-0.2, -0.15) is 0 Å². The lowest BCUT2D eigenvalue weighted by Crippen LogP contribution is -2.29. The van der Waals surface area contributed by atoms with Crippen LogP contribution in [0.2, 0.25) is 0 Å². The van der Waals surface area contributed by atoms with Gasteiger partial charge in [0.05, 0.1) is 17.8 Å². The number of hydrogen-bond acceptors (Lipinski definition) is 5. The summed E-state index contributed by atoms with van der Waals surface area (Å²) >= 11 is 1.54. The molecule has 0 aliphatic carbocycles. The fourth-order valence-electron chi connectivity index (χ4n) is 1.76. The average molecular weight is 318 g/mol. The average Bonchev–Trinajstić information content (AvgIpc) is 2.70. The first-order chi connectivity index (χ1) is 10.6. The van der Waals surface area contributed by atoms with Crippen LogP contribution >= 0.6 is 11.8 Å². The molecule has 1 heterocycles. The van der Waals surface area contributed by atoms with Crippen LogP contribution in [0.3, 0.4) is 0 Å². The summed E-state index contributed by atoms with van der Waals surface area (Å²) in [6.45, 7) is -0.322. The molecule has 0 atom stereocenters. The molecular weight excluding hydrogens is 304 g/mol. The molecule has 0 spiro atoms. The van der Waals surface area contributed by atoms with Crippen molar-refractivity contribution in [1.29, 1.82) is 0 Å². The third-order valence-corrected chi connectivity index (χ3v) is 3.87. The number of esters is 1. The van der Waals surface area contributed by atoms with E-state index in [4.69, 9.17) is 11.2 Å². The van der Waals surface area contributed by atoms with Crippen molar-refractivity contribution >= 4 is 35.2 Å². The summed E-state index contributed by atoms with van der Waals surface area (Å²) in [5, 5.41) is 5.13. The van der Waals surface area contributed by atoms with Gasteiger partial charge in [0.2, 0.25) is 5.91 Å². The first kappa shape index (κ1) is 15.9. The Morgan fingerprint density at radius 2 is 2.27 bits per heavy atom. The van der Waals surface area contributed by atoms with Crippen LogP contribution in [0.4, 0.5) is 5.69 Å². The van der Waals surface area contributed by atoms with Gasteiger partial charge < -0.3 is 15.4 Å². The van der Waals surface area contributed by atoms with Crippen molar-refractivity contribution in [2.45, 2.75) is 11.3 Å². The Morgan fingerprint density at radius 3 is 3.05 bits per heavy atom. The Balaban J connectivity index is 2.00. The third-order valence-electron chi connectivity index (χ3n) is 2.80. The van der Waals surface area contributed by atoms with E-state index in [0.29, 0.717) is 17.9 Å². The highest BCUT2D eigenvalue weighted by atomic mass is 32.2. The molecule has 0 aromatic heterocycles. The first-order valence-electron chi connectivity index (χ1n) is 6.54. The topological polar surface area (TPSA) is 84.5 Å². The van der Waals surface area contributed by atoms with Crippen LogP contribution in [0.1, 0.15) is 16.8 Å². The summed E-state index contributed by atoms with van der Waals surface area (Å²) in [4.78, 5) is 35.7. The molecule has 1 aliphatic heterocycles. The maximum Gasteiger partial charge on any atom is 0.338 e. The lowest BCUT2D eigenvalue weighted by Gasteiger charge is -2.09. The standard InChI is InChI=1S/C15H14N2O4S/c1-2-6-16-14(19)9-21-15(20)10-3-4-12-11(8-10)17-13(18)5-7-22-12/h1,3-4,8H,5-7,9H2,(H,16,19)(H,17,18). The number of nitrogens with one attached hydrogen (secondary N) is 2. The number of ether oxygens (including phenoxy) is 1. The number of rotatable bonds is 4. The maximum atomic E-state index is 11.9. The van der Waals surface area contributed by atoms with Crippen molar-refractivity contribution in [2.75, 3.05) is 24.2 Å². The van der Waals surface area contributed by atoms with E-state index in [2.05, 4.69) is 16.6 Å². The van der Waals surface area contributed by atoms with E-state index >= 15 is 0 Å². The van der Waals surface area contributed by atoms with Gasteiger partial charge in [-0.25, -0.2) is 4.79 Å². The highest BCUT2D eigenvalue weighted by Gasteiger charge is 2.17. The van der Waals surface area contributed by atoms with Gasteiger partial charge in [-0.1, -0.05) is 5.92 Å². The fourth-order valence-corrected chi connectivity index (χ4v) is 2.70. The molecule has 2 amide bonds. The number of anilines is 1. The van der Waals surface area contributed by atoms with E-state index in [1.54, 1.807) is 30.0 Å². The Kier molecular flexibility index (Phi) is 5.44. The Bertz CT molecular complexity index is 651. The molecule has 114 valence electrons. The number of thioether (sulfide) groups is 1. The quantitative estimate of drug-likeness (QED) is 0.640. The van der Waals surface area contributed by atoms with Gasteiger partial charge >= 0.3 is 5.97 Å². The second-order valence-electron chi connectivity index (χ2n) is 4.41. The minimum Gasteiger partial charge on any atom is -0.452 e. The van der Waals surface area contributed by atoms with Gasteiger partial charge in [0.1, 0.15) is 0 Å². The van der Waals surface area contributed by atoms with Crippen LogP contribution < -0.4 is 10.6 Å². The molecule has 1 aromatic carbocycles. The third kappa shape index (κ3) is 4.27. The van der Waals surface area contributed by atoms with Gasteiger partial charge in [0.15, 0.2) is 6.61 Å². The highest BCUT2D eigenvalue weighted by molar-refractivity contribution is 7.99. The molecule has 0 saturated carbocycles. The number of amides is 2. The normalized spacial score (nSPS) is 13.1. The summed E-state index contributed by atoms with van der Waals surface area (Å²) in [6, 6.07) is 4.90. The molecule has 0 fully saturated rings. The van der Waals surface area contributed by atoms with E-state index in [1.165, 1.54) is 0 Å². The summed E-state index contributed by atoms with van der Waals surface area (Å²) < 4.78 is 4.90. The van der Waals surface area contributed by atoms with Gasteiger partial charge in [0.25, 0.3) is 5.91 Å². The summed E-state index contributed by atoms with van der Waals surface area (Å²) in [5.41, 5.74) is 0.852. The van der Waals surface area contributed by atoms with Crippen LogP contribution in [0.15, 0.2) is 23.1 Å². The monoisotopic (exact) mass is 318 g/mol. The van der Waals surface area contributed by atoms with Gasteiger partial charge in [-0.3, -0.25) is 9.59 Å². The molecule has 1 aliphatic rings. The number of fused-ring (bicyclic) bond motifs is 1. The van der Waals surface area contributed by atoms with E-state index < -0.39 is 18.5 Å². The number of carbonyl (C=O) groups is 3. The van der Waals surface area contributed by atoms with Crippen LogP contribution in [0.25, 0.3) is 0 Å². The molecule has 6 nitrogen and oxygen atoms in total. The maximum absolute atomic E-state index is 11.9. The lowest BCUT2D eigenvalue weighted by molar-refractivity contribution is -0.124. The van der Waals surface area contributed by atoms with Crippen molar-refractivity contribution in [3.05, 3.63) is 23.8 Å². The molecule has 0 bridgehead atoms. The molecule has 2 rings (SSSR count). The second-order valence-corrected chi connectivity index (χ2v) is 5.55. The molecule has 0 unspecified atom stereocenters. The van der Waals surface area contributed by atoms with E-state index in [1.807, 2.05) is 0 Å². The number of hydrogen-bond donors (Lipinski definition) is 2. The summed E-state index contributed by atoms with van der Waals surface area (Å²) in [5.74, 6) is 1.74. The van der Waals surface area contributed by atoms with Crippen molar-refractivity contribution < 1.29 is 19.1 Å². The molecule has 1 aromatic rings. The number of benzene rings is 1. The number of carbonyl (C=O) groups excluding carboxylic acids is 3. The molecular formula is C15H14N2O4S. The smallest absolute Gasteiger partial charge is 0.338 e. The van der Waals surface area contributed by atoms with Crippen molar-refractivity contribution in [3.8, 4) is 12.3 Å². The zero-order chi connectivity index (χ0) is 15.9. The van der Waals surface area contributed by atoms with Gasteiger partial charge in [0, 0.05) is 17.1 Å². The van der Waals surface area contributed by atoms with Crippen molar-refractivity contribution in [1.82, 2.24) is 5.32 Å². The highest BCUT2D eigenvalue weighted by Crippen LogP contribution is 2.31. The second kappa shape index (κ2) is 7.52. The summed E-state index contributed by atoms with van der Waals surface area (Å²) in [7, 11) is 0. The van der Waals surface area contributed by atoms with E-state index in [-0.39, 0.29) is 18.0 Å². The minimum atomic E-state index is -0.637. The van der Waals surface area contributed by atoms with Gasteiger partial charge in [-0.05, 0) is 18.2 Å². The molecule has 7 heteroatoms. The zero-order valence-electron chi connectivity index (χ0n) is 11.7. The largest absolute Gasteiger partial charge is 0.452 e. The fraction of sp³-hybridized carbons (Fsp3) is 0.267. The van der Waals surface area contributed by atoms with Crippen LogP contribution in [0.5, 0.6) is 0 Å². The Hall–Kier alpha value is -2.46. The predicted molar refractivity (Wildman–Crippen MR) is 82.5 cm³/mol. The Labute approximate surface area is 132 Å². The molecule has 2 N–H and O–H groups in total. The van der Waals surface area contributed by atoms with E-state index in [9.17, 15) is 14.4 Å². The van der Waals surface area contributed by atoms with Crippen molar-refractivity contribution in [2.24, 2.45) is 0 Å². The zero-order valence-corrected chi connectivity index (χ0v) is 12.5. The van der Waals surface area contributed by atoms with Crippen molar-refractivity contribution in [3.63, 3.8) is 0 Å². The van der Waals surface area contributed by atoms with Crippen LogP contribution in [0, 0.1) is 12.3 Å². The molecule has 0 radical (unpaired) electrons. The van der Waals surface area contributed by atoms with Crippen LogP contribution in [-0.2, 0) is 14.3 Å². The predicted octanol–water partition coefficient (Wildman–Crippen LogP) is 1.03. The van der Waals surface area contributed by atoms with Gasteiger partial charge in [-0.15, -0.1) is 18.2 Å².